The summed E-state index contributed by atoms with van der Waals surface area (Å²) in [4.78, 5) is 30.1. The summed E-state index contributed by atoms with van der Waals surface area (Å²) in [7, 11) is 0. The number of nitrogens with zero attached hydrogens (tertiary/aromatic N) is 3. The largest absolute Gasteiger partial charge is 0.337 e. The minimum Gasteiger partial charge on any atom is -0.337 e. The van der Waals surface area contributed by atoms with Gasteiger partial charge in [0, 0.05) is 5.92 Å². The van der Waals surface area contributed by atoms with Gasteiger partial charge < -0.3 is 9.84 Å². The predicted octanol–water partition coefficient (Wildman–Crippen LogP) is 2.30. The highest BCUT2D eigenvalue weighted by Crippen LogP contribution is 2.29. The lowest BCUT2D eigenvalue weighted by atomic mass is 9.92. The summed E-state index contributed by atoms with van der Waals surface area (Å²) >= 11 is 0. The zero-order chi connectivity index (χ0) is 17.5. The highest BCUT2D eigenvalue weighted by Gasteiger charge is 2.49. The number of urea groups is 1. The summed E-state index contributed by atoms with van der Waals surface area (Å²) in [6, 6.07) is 4.88. The molecule has 1 aliphatic rings. The number of carbonyl (C=O) groups is 2. The van der Waals surface area contributed by atoms with Crippen molar-refractivity contribution < 1.29 is 18.5 Å². The normalized spacial score (nSPS) is 20.8. The molecule has 1 aromatic carbocycles. The third kappa shape index (κ3) is 2.64. The quantitative estimate of drug-likeness (QED) is 0.868. The summed E-state index contributed by atoms with van der Waals surface area (Å²) in [5.41, 5.74) is -0.760. The molecule has 0 aliphatic carbocycles. The van der Waals surface area contributed by atoms with E-state index in [1.54, 1.807) is 6.92 Å². The van der Waals surface area contributed by atoms with E-state index in [0.717, 1.165) is 4.90 Å². The van der Waals surface area contributed by atoms with Crippen molar-refractivity contribution in [1.29, 1.82) is 0 Å². The summed E-state index contributed by atoms with van der Waals surface area (Å²) in [5, 5.41) is 6.46. The van der Waals surface area contributed by atoms with Gasteiger partial charge >= 0.3 is 6.03 Å². The molecular weight excluding hydrogens is 315 g/mol. The molecule has 24 heavy (non-hydrogen) atoms. The lowest BCUT2D eigenvalue weighted by Gasteiger charge is -2.21. The van der Waals surface area contributed by atoms with Crippen LogP contribution in [0.1, 0.15) is 44.0 Å². The van der Waals surface area contributed by atoms with Gasteiger partial charge in [0.1, 0.15) is 17.9 Å². The molecule has 0 saturated carbocycles. The molecule has 1 aliphatic heterocycles. The molecule has 1 fully saturated rings. The Labute approximate surface area is 137 Å². The lowest BCUT2D eigenvalue weighted by Crippen LogP contribution is -2.40. The summed E-state index contributed by atoms with van der Waals surface area (Å²) < 4.78 is 18.2. The highest BCUT2D eigenvalue weighted by molar-refractivity contribution is 6.07. The van der Waals surface area contributed by atoms with E-state index in [-0.39, 0.29) is 18.4 Å². The minimum absolute atomic E-state index is 0.0788. The first-order chi connectivity index (χ1) is 11.3. The van der Waals surface area contributed by atoms with Gasteiger partial charge in [-0.3, -0.25) is 9.69 Å². The lowest BCUT2D eigenvalue weighted by molar-refractivity contribution is -0.131. The Balaban J connectivity index is 1.84. The molecule has 0 spiro atoms. The number of imide groups is 1. The van der Waals surface area contributed by atoms with Crippen molar-refractivity contribution in [2.45, 2.75) is 38.8 Å². The Morgan fingerprint density at radius 3 is 2.54 bits per heavy atom. The van der Waals surface area contributed by atoms with Crippen LogP contribution in [0.5, 0.6) is 0 Å². The van der Waals surface area contributed by atoms with Crippen molar-refractivity contribution in [3.05, 3.63) is 47.4 Å². The van der Waals surface area contributed by atoms with E-state index in [1.807, 2.05) is 13.8 Å². The molecule has 2 heterocycles. The molecular formula is C16H17FN4O3. The van der Waals surface area contributed by atoms with Gasteiger partial charge in [0.05, 0.1) is 0 Å². The molecule has 1 saturated heterocycles. The maximum absolute atomic E-state index is 13.1. The number of hydrogen-bond acceptors (Lipinski definition) is 5. The fourth-order valence-electron chi connectivity index (χ4n) is 2.52. The Morgan fingerprint density at radius 1 is 1.29 bits per heavy atom. The van der Waals surface area contributed by atoms with Gasteiger partial charge in [-0.2, -0.15) is 4.98 Å². The van der Waals surface area contributed by atoms with Gasteiger partial charge in [0.15, 0.2) is 5.82 Å². The number of carbonyl (C=O) groups excluding carboxylic acids is 2. The zero-order valence-corrected chi connectivity index (χ0v) is 13.5. The Hall–Kier alpha value is -2.77. The molecule has 1 aromatic heterocycles. The average molecular weight is 332 g/mol. The van der Waals surface area contributed by atoms with Crippen LogP contribution in [0.25, 0.3) is 0 Å². The third-order valence-electron chi connectivity index (χ3n) is 3.99. The summed E-state index contributed by atoms with van der Waals surface area (Å²) in [5.74, 6) is -0.0922. The molecule has 3 amide bonds. The van der Waals surface area contributed by atoms with E-state index in [9.17, 15) is 14.0 Å². The number of hydrogen-bond donors (Lipinski definition) is 1. The van der Waals surface area contributed by atoms with Crippen molar-refractivity contribution in [2.75, 3.05) is 0 Å². The van der Waals surface area contributed by atoms with E-state index in [2.05, 4.69) is 15.5 Å². The van der Waals surface area contributed by atoms with E-state index in [0.29, 0.717) is 11.4 Å². The molecule has 3 rings (SSSR count). The molecule has 2 aromatic rings. The second kappa shape index (κ2) is 5.70. The van der Waals surface area contributed by atoms with Crippen LogP contribution in [0, 0.1) is 5.82 Å². The van der Waals surface area contributed by atoms with Crippen LogP contribution < -0.4 is 5.32 Å². The Morgan fingerprint density at radius 2 is 1.96 bits per heavy atom. The second-order valence-corrected chi connectivity index (χ2v) is 6.15. The number of amides is 3. The number of nitrogens with one attached hydrogen (secondary N) is 1. The molecule has 0 bridgehead atoms. The van der Waals surface area contributed by atoms with E-state index in [1.165, 1.54) is 24.3 Å². The van der Waals surface area contributed by atoms with Crippen LogP contribution in [0.3, 0.4) is 0 Å². The smallest absolute Gasteiger partial charge is 0.325 e. The molecule has 8 heteroatoms. The van der Waals surface area contributed by atoms with Gasteiger partial charge in [-0.1, -0.05) is 31.1 Å². The molecule has 7 nitrogen and oxygen atoms in total. The van der Waals surface area contributed by atoms with Gasteiger partial charge in [-0.15, -0.1) is 0 Å². The van der Waals surface area contributed by atoms with Crippen LogP contribution >= 0.6 is 0 Å². The van der Waals surface area contributed by atoms with Crippen LogP contribution in [-0.2, 0) is 16.9 Å². The van der Waals surface area contributed by atoms with Crippen molar-refractivity contribution in [2.24, 2.45) is 0 Å². The first kappa shape index (κ1) is 16.1. The third-order valence-corrected chi connectivity index (χ3v) is 3.99. The fourth-order valence-corrected chi connectivity index (χ4v) is 2.52. The predicted molar refractivity (Wildman–Crippen MR) is 81.2 cm³/mol. The van der Waals surface area contributed by atoms with E-state index in [4.69, 9.17) is 4.52 Å². The van der Waals surface area contributed by atoms with Crippen LogP contribution in [0.2, 0.25) is 0 Å². The molecule has 126 valence electrons. The number of rotatable bonds is 4. The van der Waals surface area contributed by atoms with Crippen LogP contribution in [0.4, 0.5) is 9.18 Å². The zero-order valence-electron chi connectivity index (χ0n) is 13.5. The monoisotopic (exact) mass is 332 g/mol. The average Bonchev–Trinajstić information content (AvgIpc) is 3.08. The van der Waals surface area contributed by atoms with Crippen LogP contribution in [-0.4, -0.2) is 27.0 Å². The van der Waals surface area contributed by atoms with Crippen LogP contribution in [0.15, 0.2) is 28.8 Å². The maximum Gasteiger partial charge on any atom is 0.325 e. The van der Waals surface area contributed by atoms with Gasteiger partial charge in [-0.25, -0.2) is 9.18 Å². The minimum atomic E-state index is -1.26. The Bertz CT molecular complexity index is 787. The Kier molecular flexibility index (Phi) is 3.82. The number of benzene rings is 1. The van der Waals surface area contributed by atoms with Gasteiger partial charge in [0.2, 0.25) is 5.89 Å². The maximum atomic E-state index is 13.1. The topological polar surface area (TPSA) is 88.3 Å². The van der Waals surface area contributed by atoms with Crippen molar-refractivity contribution in [1.82, 2.24) is 20.4 Å². The first-order valence-electron chi connectivity index (χ1n) is 7.54. The molecule has 0 unspecified atom stereocenters. The molecule has 0 radical (unpaired) electrons. The summed E-state index contributed by atoms with van der Waals surface area (Å²) in [6.07, 6.45) is 0. The highest BCUT2D eigenvalue weighted by atomic mass is 19.1. The molecule has 1 atom stereocenters. The van der Waals surface area contributed by atoms with Gasteiger partial charge in [-0.05, 0) is 24.6 Å². The van der Waals surface area contributed by atoms with E-state index < -0.39 is 23.3 Å². The van der Waals surface area contributed by atoms with Crippen molar-refractivity contribution >= 4 is 11.9 Å². The van der Waals surface area contributed by atoms with Crippen molar-refractivity contribution in [3.8, 4) is 0 Å². The van der Waals surface area contributed by atoms with Gasteiger partial charge in [0.25, 0.3) is 5.91 Å². The summed E-state index contributed by atoms with van der Waals surface area (Å²) in [6.45, 7) is 5.29. The van der Waals surface area contributed by atoms with E-state index >= 15 is 0 Å². The standard InChI is InChI=1S/C16H17FN4O3/c1-9(2)13-18-12(24-20-13)8-21-14(22)16(3,19-15(21)23)10-4-6-11(17)7-5-10/h4-7,9H,8H2,1-3H3,(H,19,23)/t16-/m1/s1. The number of halogens is 1. The second-order valence-electron chi connectivity index (χ2n) is 6.15. The number of aromatic nitrogens is 2. The first-order valence-corrected chi connectivity index (χ1v) is 7.54. The fraction of sp³-hybridized carbons (Fsp3) is 0.375. The SMILES string of the molecule is CC(C)c1noc(CN2C(=O)N[C@](C)(c3ccc(F)cc3)C2=O)n1. The van der Waals surface area contributed by atoms with Crippen molar-refractivity contribution in [3.63, 3.8) is 0 Å². The molecule has 1 N–H and O–H groups in total.